The molecule has 1 saturated carbocycles. The molecule has 156 valence electrons. The highest BCUT2D eigenvalue weighted by Gasteiger charge is 2.54. The van der Waals surface area contributed by atoms with E-state index >= 15 is 0 Å². The minimum Gasteiger partial charge on any atom is -0.469 e. The monoisotopic (exact) mass is 424 g/mol. The predicted molar refractivity (Wildman–Crippen MR) is 131 cm³/mol. The van der Waals surface area contributed by atoms with E-state index in [0.717, 1.165) is 12.2 Å². The van der Waals surface area contributed by atoms with E-state index in [1.165, 1.54) is 22.7 Å². The van der Waals surface area contributed by atoms with Crippen molar-refractivity contribution in [2.24, 2.45) is 11.8 Å². The highest BCUT2D eigenvalue weighted by Crippen LogP contribution is 2.60. The van der Waals surface area contributed by atoms with Gasteiger partial charge in [-0.25, -0.2) is 0 Å². The topological polar surface area (TPSA) is 28.4 Å². The van der Waals surface area contributed by atoms with Crippen LogP contribution in [0.2, 0.25) is 18.6 Å². The van der Waals surface area contributed by atoms with E-state index in [9.17, 15) is 0 Å². The zero-order valence-electron chi connectivity index (χ0n) is 18.0. The molecule has 6 rings (SSSR count). The molecular formula is C27H28N2OSi. The number of anilines is 4. The van der Waals surface area contributed by atoms with Crippen molar-refractivity contribution in [3.63, 3.8) is 0 Å². The average molecular weight is 425 g/mol. The van der Waals surface area contributed by atoms with Gasteiger partial charge in [0, 0.05) is 5.92 Å². The van der Waals surface area contributed by atoms with Crippen LogP contribution in [-0.2, 0) is 0 Å². The molecule has 1 unspecified atom stereocenters. The van der Waals surface area contributed by atoms with Gasteiger partial charge in [-0.2, -0.15) is 0 Å². The molecule has 1 aromatic heterocycles. The molecule has 0 radical (unpaired) electrons. The summed E-state index contributed by atoms with van der Waals surface area (Å²) in [4.78, 5) is 0. The second kappa shape index (κ2) is 7.03. The first-order valence-electron chi connectivity index (χ1n) is 11.3. The fourth-order valence-corrected chi connectivity index (χ4v) is 10.9. The van der Waals surface area contributed by atoms with E-state index in [2.05, 4.69) is 102 Å². The van der Waals surface area contributed by atoms with Gasteiger partial charge in [0.15, 0.2) is 8.24 Å². The zero-order chi connectivity index (χ0) is 21.0. The Balaban J connectivity index is 1.52. The highest BCUT2D eigenvalue weighted by atomic mass is 28.3. The summed E-state index contributed by atoms with van der Waals surface area (Å²) in [6.07, 6.45) is 12.4. The Hall–Kier alpha value is -2.98. The molecule has 4 heteroatoms. The summed E-state index contributed by atoms with van der Waals surface area (Å²) in [6.45, 7) is 5.11. The molecule has 2 aliphatic carbocycles. The molecule has 2 heterocycles. The summed E-state index contributed by atoms with van der Waals surface area (Å²) in [5.41, 5.74) is 5.55. The molecular weight excluding hydrogens is 396 g/mol. The predicted octanol–water partition coefficient (Wildman–Crippen LogP) is 7.60. The Morgan fingerprint density at radius 3 is 2.23 bits per heavy atom. The first-order chi connectivity index (χ1) is 15.1. The van der Waals surface area contributed by atoms with Gasteiger partial charge in [-0.05, 0) is 60.2 Å². The first-order valence-corrected chi connectivity index (χ1v) is 14.3. The van der Waals surface area contributed by atoms with Crippen molar-refractivity contribution in [3.8, 4) is 0 Å². The molecule has 0 amide bonds. The van der Waals surface area contributed by atoms with Gasteiger partial charge in [0.2, 0.25) is 0 Å². The maximum absolute atomic E-state index is 6.02. The van der Waals surface area contributed by atoms with Crippen LogP contribution in [0, 0.1) is 11.8 Å². The van der Waals surface area contributed by atoms with Gasteiger partial charge < -0.3 is 14.3 Å². The van der Waals surface area contributed by atoms with Crippen LogP contribution in [0.25, 0.3) is 0 Å². The van der Waals surface area contributed by atoms with Crippen molar-refractivity contribution in [1.29, 1.82) is 0 Å². The minimum atomic E-state index is -2.05. The van der Waals surface area contributed by atoms with Crippen LogP contribution in [0.3, 0.4) is 0 Å². The van der Waals surface area contributed by atoms with Crippen LogP contribution in [0.15, 0.2) is 95.6 Å². The van der Waals surface area contributed by atoms with E-state index in [4.69, 9.17) is 4.42 Å². The lowest BCUT2D eigenvalue weighted by atomic mass is 9.92. The van der Waals surface area contributed by atoms with Gasteiger partial charge in [0.05, 0.1) is 29.0 Å². The minimum absolute atomic E-state index is 0.438. The number of para-hydroxylation sites is 4. The first kappa shape index (κ1) is 18.8. The summed E-state index contributed by atoms with van der Waals surface area (Å²) in [5, 5.41) is 3.67. The maximum Gasteiger partial charge on any atom is 0.161 e. The fraction of sp³-hybridized carbons (Fsp3) is 0.259. The SMILES string of the molecule is C[Si](C)(C1[C@H]2C=CC=C[C@H]2C[C@H]1c1ccco1)N1c2ccccc2Nc2ccccc21. The summed E-state index contributed by atoms with van der Waals surface area (Å²) in [7, 11) is -2.05. The molecule has 4 atom stereocenters. The van der Waals surface area contributed by atoms with E-state index < -0.39 is 8.24 Å². The third kappa shape index (κ3) is 2.85. The van der Waals surface area contributed by atoms with Crippen LogP contribution in [-0.4, -0.2) is 8.24 Å². The smallest absolute Gasteiger partial charge is 0.161 e. The molecule has 0 spiro atoms. The van der Waals surface area contributed by atoms with Crippen LogP contribution >= 0.6 is 0 Å². The zero-order valence-corrected chi connectivity index (χ0v) is 19.0. The Bertz CT molecular complexity index is 1120. The van der Waals surface area contributed by atoms with Crippen molar-refractivity contribution < 1.29 is 4.42 Å². The molecule has 1 aliphatic heterocycles. The number of hydrogen-bond donors (Lipinski definition) is 1. The van der Waals surface area contributed by atoms with E-state index in [-0.39, 0.29) is 0 Å². The van der Waals surface area contributed by atoms with Crippen LogP contribution in [0.5, 0.6) is 0 Å². The van der Waals surface area contributed by atoms with Gasteiger partial charge in [-0.3, -0.25) is 0 Å². The molecule has 0 bridgehead atoms. The molecule has 1 N–H and O–H groups in total. The summed E-state index contributed by atoms with van der Waals surface area (Å²) >= 11 is 0. The number of hydrogen-bond acceptors (Lipinski definition) is 3. The molecule has 0 saturated heterocycles. The molecule has 3 aliphatic rings. The molecule has 1 fully saturated rings. The number of rotatable bonds is 3. The number of nitrogens with one attached hydrogen (secondary N) is 1. The lowest BCUT2D eigenvalue weighted by Crippen LogP contribution is -2.53. The van der Waals surface area contributed by atoms with Gasteiger partial charge >= 0.3 is 0 Å². The summed E-state index contributed by atoms with van der Waals surface area (Å²) in [5.74, 6) is 2.73. The van der Waals surface area contributed by atoms with E-state index in [1.54, 1.807) is 0 Å². The second-order valence-electron chi connectivity index (χ2n) is 9.54. The van der Waals surface area contributed by atoms with Gasteiger partial charge in [-0.15, -0.1) is 0 Å². The number of fused-ring (bicyclic) bond motifs is 3. The second-order valence-corrected chi connectivity index (χ2v) is 14.0. The highest BCUT2D eigenvalue weighted by molar-refractivity contribution is 6.84. The molecule has 31 heavy (non-hydrogen) atoms. The standard InChI is InChI=1S/C27H28N2OSi/c1-31(2,27-20-11-4-3-10-19(20)18-21(27)26-16-9-17-30-26)29-24-14-7-5-12-22(24)28-23-13-6-8-15-25(23)29/h3-17,19-21,27-28H,18H2,1-2H3/t19-,20-,21-,27?/m0/s1. The summed E-state index contributed by atoms with van der Waals surface area (Å²) < 4.78 is 8.73. The normalized spacial score (nSPS) is 26.2. The molecule has 3 nitrogen and oxygen atoms in total. The van der Waals surface area contributed by atoms with Gasteiger partial charge in [0.25, 0.3) is 0 Å². The Morgan fingerprint density at radius 1 is 0.871 bits per heavy atom. The lowest BCUT2D eigenvalue weighted by Gasteiger charge is -2.49. The van der Waals surface area contributed by atoms with E-state index in [0.29, 0.717) is 23.3 Å². The van der Waals surface area contributed by atoms with Crippen molar-refractivity contribution in [3.05, 3.63) is 97.0 Å². The Morgan fingerprint density at radius 2 is 1.55 bits per heavy atom. The third-order valence-electron chi connectivity index (χ3n) is 7.53. The van der Waals surface area contributed by atoms with Crippen LogP contribution in [0.4, 0.5) is 22.7 Å². The fourth-order valence-electron chi connectivity index (χ4n) is 6.35. The molecule has 2 aromatic carbocycles. The van der Waals surface area contributed by atoms with Crippen molar-refractivity contribution in [2.75, 3.05) is 9.88 Å². The van der Waals surface area contributed by atoms with E-state index in [1.807, 2.05) is 12.3 Å². The Kier molecular flexibility index (Phi) is 4.25. The lowest BCUT2D eigenvalue weighted by molar-refractivity contribution is 0.455. The number of furan rings is 1. The largest absolute Gasteiger partial charge is 0.469 e. The quantitative estimate of drug-likeness (QED) is 0.439. The van der Waals surface area contributed by atoms with Crippen LogP contribution in [0.1, 0.15) is 18.1 Å². The Labute approximate surface area is 185 Å². The number of nitrogens with zero attached hydrogens (tertiary/aromatic N) is 1. The average Bonchev–Trinajstić information content (AvgIpc) is 3.45. The summed E-state index contributed by atoms with van der Waals surface area (Å²) in [6, 6.07) is 21.8. The van der Waals surface area contributed by atoms with Crippen molar-refractivity contribution in [1.82, 2.24) is 0 Å². The van der Waals surface area contributed by atoms with Crippen LogP contribution < -0.4 is 9.88 Å². The number of benzene rings is 2. The van der Waals surface area contributed by atoms with Crippen molar-refractivity contribution >= 4 is 31.0 Å². The van der Waals surface area contributed by atoms with Gasteiger partial charge in [-0.1, -0.05) is 61.7 Å². The molecule has 3 aromatic rings. The van der Waals surface area contributed by atoms with Crippen molar-refractivity contribution in [2.45, 2.75) is 31.0 Å². The third-order valence-corrected chi connectivity index (χ3v) is 11.6. The maximum atomic E-state index is 6.02. The number of allylic oxidation sites excluding steroid dienone is 4. The van der Waals surface area contributed by atoms with Gasteiger partial charge in [0.1, 0.15) is 5.76 Å².